The van der Waals surface area contributed by atoms with Crippen molar-refractivity contribution in [3.05, 3.63) is 108 Å². The van der Waals surface area contributed by atoms with Gasteiger partial charge in [-0.05, 0) is 119 Å². The number of nitrogens with zero attached hydrogens (tertiary/aromatic N) is 6. The summed E-state index contributed by atoms with van der Waals surface area (Å²) < 4.78 is 0. The minimum atomic E-state index is -0.327. The number of anilines is 2. The molecule has 0 bridgehead atoms. The van der Waals surface area contributed by atoms with Crippen LogP contribution in [-0.4, -0.2) is 118 Å². The zero-order chi connectivity index (χ0) is 43.9. The van der Waals surface area contributed by atoms with Gasteiger partial charge in [0.2, 0.25) is 5.91 Å². The van der Waals surface area contributed by atoms with E-state index >= 15 is 0 Å². The van der Waals surface area contributed by atoms with Gasteiger partial charge >= 0.3 is 0 Å². The topological polar surface area (TPSA) is 157 Å². The lowest BCUT2D eigenvalue weighted by Gasteiger charge is -2.29. The van der Waals surface area contributed by atoms with E-state index in [0.29, 0.717) is 41.1 Å². The second-order valence-corrected chi connectivity index (χ2v) is 17.2. The number of piperidine rings is 2. The highest BCUT2D eigenvalue weighted by Gasteiger charge is 2.24. The van der Waals surface area contributed by atoms with Crippen LogP contribution >= 0.6 is 23.2 Å². The fourth-order valence-electron chi connectivity index (χ4n) is 8.47. The summed E-state index contributed by atoms with van der Waals surface area (Å²) >= 11 is 12.8. The zero-order valence-corrected chi connectivity index (χ0v) is 37.1. The smallest absolute Gasteiger partial charge is 0.270 e. The van der Waals surface area contributed by atoms with Crippen LogP contribution in [0.1, 0.15) is 64.6 Å². The Morgan fingerprint density at radius 3 is 1.86 bits per heavy atom. The Hall–Kier alpha value is -5.73. The maximum Gasteiger partial charge on any atom is 0.270 e. The molecule has 1 unspecified atom stereocenters. The fourth-order valence-corrected chi connectivity index (χ4v) is 8.84. The first-order valence-corrected chi connectivity index (χ1v) is 22.6. The maximum atomic E-state index is 13.9. The quantitative estimate of drug-likeness (QED) is 0.0806. The Bertz CT molecular complexity index is 2610. The summed E-state index contributed by atoms with van der Waals surface area (Å²) in [6.07, 6.45) is 6.93. The van der Waals surface area contributed by atoms with Crippen LogP contribution in [0.5, 0.6) is 0 Å². The molecule has 0 aliphatic carbocycles. The van der Waals surface area contributed by atoms with E-state index in [1.165, 1.54) is 0 Å². The number of likely N-dealkylation sites (tertiary alicyclic amines) is 2. The van der Waals surface area contributed by atoms with Crippen LogP contribution in [0.2, 0.25) is 0 Å². The molecule has 2 aliphatic rings. The highest BCUT2D eigenvalue weighted by molar-refractivity contribution is 6.19. The third kappa shape index (κ3) is 10.6. The number of carbonyl (C=O) groups is 3. The van der Waals surface area contributed by atoms with Crippen molar-refractivity contribution in [3.8, 4) is 22.8 Å². The standard InChI is InChI=1S/C48H52Cl2N10O3/c1-59-22-14-34(15-23-59)54-47(62)42-12-19-52-45(57-42)31-7-6-30-4-3-5-41(38(30)26-31)56-44(61)28-33(29-50)36-10-11-40(51-21-18-49)39-27-32(8-9-37(36)39)46-53-20-13-43(58-46)48(63)55-35-16-24-60(2)25-17-35/h3-13,19-20,26-27,33-35,51H,14-18,21-25,28-29H2,1-2H3,(H,54,62)(H,55,63)(H,56,61). The van der Waals surface area contributed by atoms with E-state index in [1.54, 1.807) is 24.5 Å². The predicted octanol–water partition coefficient (Wildman–Crippen LogP) is 7.56. The van der Waals surface area contributed by atoms with Gasteiger partial charge in [-0.25, -0.2) is 19.9 Å². The van der Waals surface area contributed by atoms with Gasteiger partial charge in [0.1, 0.15) is 11.4 Å². The van der Waals surface area contributed by atoms with Gasteiger partial charge in [0.05, 0.1) is 0 Å². The van der Waals surface area contributed by atoms with E-state index in [1.807, 2.05) is 66.7 Å². The zero-order valence-electron chi connectivity index (χ0n) is 35.5. The number of rotatable bonds is 14. The lowest BCUT2D eigenvalue weighted by molar-refractivity contribution is -0.116. The molecule has 2 aliphatic heterocycles. The molecule has 1 atom stereocenters. The van der Waals surface area contributed by atoms with E-state index < -0.39 is 0 Å². The second kappa shape index (κ2) is 20.2. The third-order valence-corrected chi connectivity index (χ3v) is 12.6. The van der Waals surface area contributed by atoms with Gasteiger partial charge in [0.25, 0.3) is 11.8 Å². The molecule has 2 saturated heterocycles. The molecule has 13 nitrogen and oxygen atoms in total. The van der Waals surface area contributed by atoms with Crippen molar-refractivity contribution in [1.82, 2.24) is 40.4 Å². The van der Waals surface area contributed by atoms with Crippen molar-refractivity contribution in [3.63, 3.8) is 0 Å². The molecule has 15 heteroatoms. The van der Waals surface area contributed by atoms with Gasteiger partial charge in [-0.2, -0.15) is 0 Å². The molecule has 6 aromatic rings. The molecule has 4 aromatic carbocycles. The lowest BCUT2D eigenvalue weighted by Crippen LogP contribution is -2.43. The van der Waals surface area contributed by atoms with Gasteiger partial charge in [-0.3, -0.25) is 14.4 Å². The molecule has 0 spiro atoms. The van der Waals surface area contributed by atoms with Crippen molar-refractivity contribution in [1.29, 1.82) is 0 Å². The van der Waals surface area contributed by atoms with Crippen molar-refractivity contribution < 1.29 is 14.4 Å². The van der Waals surface area contributed by atoms with E-state index in [-0.39, 0.29) is 48.0 Å². The van der Waals surface area contributed by atoms with Crippen LogP contribution in [0.15, 0.2) is 91.3 Å². The minimum absolute atomic E-state index is 0.109. The molecule has 3 amide bonds. The Kier molecular flexibility index (Phi) is 14.1. The maximum absolute atomic E-state index is 13.9. The Morgan fingerprint density at radius 2 is 1.27 bits per heavy atom. The van der Waals surface area contributed by atoms with Crippen LogP contribution in [0, 0.1) is 0 Å². The van der Waals surface area contributed by atoms with Gasteiger partial charge < -0.3 is 31.1 Å². The SMILES string of the molecule is CN1CCC(NC(=O)c2ccnc(-c3ccc4cccc(NC(=O)CC(CCl)c5ccc(NCCCl)c6cc(-c7nccc(C(=O)NC8CCN(C)CC8)n7)ccc56)c4c3)n2)CC1. The molecule has 326 valence electrons. The number of carbonyl (C=O) groups excluding carboxylic acids is 3. The number of benzene rings is 4. The van der Waals surface area contributed by atoms with Crippen LogP contribution in [0.25, 0.3) is 44.3 Å². The van der Waals surface area contributed by atoms with Gasteiger partial charge in [0.15, 0.2) is 11.6 Å². The first-order chi connectivity index (χ1) is 30.6. The summed E-state index contributed by atoms with van der Waals surface area (Å²) in [6.45, 7) is 4.30. The first kappa shape index (κ1) is 43.9. The number of alkyl halides is 2. The van der Waals surface area contributed by atoms with Crippen LogP contribution in [-0.2, 0) is 4.79 Å². The number of halogens is 2. The molecule has 0 radical (unpaired) electrons. The number of amides is 3. The molecule has 63 heavy (non-hydrogen) atoms. The minimum Gasteiger partial charge on any atom is -0.383 e. The van der Waals surface area contributed by atoms with Crippen LogP contribution < -0.4 is 21.3 Å². The fraction of sp³-hybridized carbons (Fsp3) is 0.354. The summed E-state index contributed by atoms with van der Waals surface area (Å²) in [5, 5.41) is 16.4. The van der Waals surface area contributed by atoms with Crippen LogP contribution in [0.3, 0.4) is 0 Å². The molecular weight excluding hydrogens is 836 g/mol. The summed E-state index contributed by atoms with van der Waals surface area (Å²) in [5.41, 5.74) is 4.51. The second-order valence-electron chi connectivity index (χ2n) is 16.6. The van der Waals surface area contributed by atoms with E-state index in [4.69, 9.17) is 23.2 Å². The van der Waals surface area contributed by atoms with Crippen LogP contribution in [0.4, 0.5) is 11.4 Å². The lowest BCUT2D eigenvalue weighted by atomic mass is 9.90. The van der Waals surface area contributed by atoms with E-state index in [2.05, 4.69) is 65.1 Å². The Balaban J connectivity index is 1.01. The third-order valence-electron chi connectivity index (χ3n) is 12.1. The average Bonchev–Trinajstić information content (AvgIpc) is 3.31. The first-order valence-electron chi connectivity index (χ1n) is 21.6. The normalized spacial score (nSPS) is 15.9. The van der Waals surface area contributed by atoms with E-state index in [0.717, 1.165) is 95.8 Å². The van der Waals surface area contributed by atoms with E-state index in [9.17, 15) is 14.4 Å². The summed E-state index contributed by atoms with van der Waals surface area (Å²) in [6, 6.07) is 25.0. The van der Waals surface area contributed by atoms with Gasteiger partial charge in [-0.1, -0.05) is 42.5 Å². The largest absolute Gasteiger partial charge is 0.383 e. The van der Waals surface area contributed by atoms with Crippen molar-refractivity contribution >= 4 is 73.8 Å². The highest BCUT2D eigenvalue weighted by Crippen LogP contribution is 2.36. The highest BCUT2D eigenvalue weighted by atomic mass is 35.5. The monoisotopic (exact) mass is 886 g/mol. The average molecular weight is 888 g/mol. The number of nitrogens with one attached hydrogen (secondary N) is 4. The summed E-state index contributed by atoms with van der Waals surface area (Å²) in [4.78, 5) is 63.2. The Morgan fingerprint density at radius 1 is 0.683 bits per heavy atom. The van der Waals surface area contributed by atoms with Gasteiger partial charge in [-0.15, -0.1) is 23.2 Å². The summed E-state index contributed by atoms with van der Waals surface area (Å²) in [5.74, 6) is 0.520. The molecule has 4 N–H and O–H groups in total. The molecule has 4 heterocycles. The number of hydrogen-bond acceptors (Lipinski definition) is 10. The van der Waals surface area contributed by atoms with Gasteiger partial charge in [0, 0.05) is 88.4 Å². The van der Waals surface area contributed by atoms with Crippen molar-refractivity contribution in [2.24, 2.45) is 0 Å². The molecule has 2 fully saturated rings. The number of fused-ring (bicyclic) bond motifs is 2. The van der Waals surface area contributed by atoms with Crippen molar-refractivity contribution in [2.75, 3.05) is 69.2 Å². The summed E-state index contributed by atoms with van der Waals surface area (Å²) in [7, 11) is 4.18. The number of hydrogen-bond donors (Lipinski definition) is 4. The van der Waals surface area contributed by atoms with Crippen molar-refractivity contribution in [2.45, 2.75) is 50.1 Å². The molecule has 2 aromatic heterocycles. The molecule has 8 rings (SSSR count). The number of aromatic nitrogens is 4. The Labute approximate surface area is 377 Å². The molecular formula is C48H52Cl2N10O3. The predicted molar refractivity (Wildman–Crippen MR) is 252 cm³/mol. The molecule has 0 saturated carbocycles.